The Labute approximate surface area is 209 Å². The minimum absolute atomic E-state index is 0.00314. The van der Waals surface area contributed by atoms with Gasteiger partial charge in [0.05, 0.1) is 6.42 Å². The molecule has 0 aliphatic carbocycles. The van der Waals surface area contributed by atoms with Crippen LogP contribution in [0.1, 0.15) is 24.0 Å². The number of thioether (sulfide) groups is 1. The van der Waals surface area contributed by atoms with E-state index in [2.05, 4.69) is 12.1 Å². The molecular formula is C28H29NO5S. The van der Waals surface area contributed by atoms with Crippen molar-refractivity contribution in [2.24, 2.45) is 0 Å². The quantitative estimate of drug-likeness (QED) is 0.388. The summed E-state index contributed by atoms with van der Waals surface area (Å²) in [5, 5.41) is 8.86. The number of hydrogen-bond acceptors (Lipinski definition) is 5. The van der Waals surface area contributed by atoms with Gasteiger partial charge in [0.15, 0.2) is 0 Å². The molecule has 1 N–H and O–H groups in total. The Hall–Kier alpha value is -3.45. The normalized spacial score (nSPS) is 13.9. The smallest absolute Gasteiger partial charge is 0.415 e. The van der Waals surface area contributed by atoms with Crippen LogP contribution in [0.15, 0.2) is 83.8 Å². The Bertz CT molecular complexity index is 1090. The van der Waals surface area contributed by atoms with Gasteiger partial charge in [0.2, 0.25) is 0 Å². The van der Waals surface area contributed by atoms with Gasteiger partial charge in [-0.3, -0.25) is 4.79 Å². The van der Waals surface area contributed by atoms with Crippen LogP contribution in [0.4, 0.5) is 4.79 Å². The maximum Gasteiger partial charge on any atom is 0.415 e. The lowest BCUT2D eigenvalue weighted by Crippen LogP contribution is -2.43. The lowest BCUT2D eigenvalue weighted by atomic mass is 10.1. The highest BCUT2D eigenvalue weighted by Crippen LogP contribution is 2.22. The number of aryl methyl sites for hydroxylation is 1. The fourth-order valence-corrected chi connectivity index (χ4v) is 4.83. The highest BCUT2D eigenvalue weighted by molar-refractivity contribution is 7.99. The van der Waals surface area contributed by atoms with Crippen molar-refractivity contribution in [3.8, 4) is 11.5 Å². The number of aliphatic carboxylic acids is 1. The van der Waals surface area contributed by atoms with Gasteiger partial charge in [-0.25, -0.2) is 4.79 Å². The minimum atomic E-state index is -0.855. The molecule has 1 heterocycles. The molecule has 0 unspecified atom stereocenters. The van der Waals surface area contributed by atoms with E-state index in [9.17, 15) is 9.59 Å². The molecule has 0 spiro atoms. The summed E-state index contributed by atoms with van der Waals surface area (Å²) in [6, 6.07) is 25.2. The lowest BCUT2D eigenvalue weighted by Gasteiger charge is -2.31. The van der Waals surface area contributed by atoms with Crippen LogP contribution in [0.3, 0.4) is 0 Å². The fourth-order valence-electron chi connectivity index (χ4n) is 3.90. The zero-order valence-electron chi connectivity index (χ0n) is 19.5. The number of ether oxygens (including phenoxy) is 2. The highest BCUT2D eigenvalue weighted by Gasteiger charge is 2.25. The van der Waals surface area contributed by atoms with Crippen molar-refractivity contribution in [3.05, 3.63) is 90.0 Å². The number of nitrogens with zero attached hydrogens (tertiary/aromatic N) is 1. The third-order valence-corrected chi connectivity index (χ3v) is 6.83. The molecule has 1 aliphatic heterocycles. The average molecular weight is 492 g/mol. The van der Waals surface area contributed by atoms with E-state index in [0.29, 0.717) is 37.4 Å². The molecule has 0 bridgehead atoms. The number of rotatable bonds is 9. The maximum absolute atomic E-state index is 12.6. The Kier molecular flexibility index (Phi) is 8.68. The van der Waals surface area contributed by atoms with Crippen molar-refractivity contribution >= 4 is 23.8 Å². The van der Waals surface area contributed by atoms with Crippen LogP contribution in [0.25, 0.3) is 0 Å². The van der Waals surface area contributed by atoms with E-state index in [4.69, 9.17) is 14.6 Å². The summed E-state index contributed by atoms with van der Waals surface area (Å²) in [6.07, 6.45) is 2.04. The monoisotopic (exact) mass is 491 g/mol. The van der Waals surface area contributed by atoms with Crippen LogP contribution in [0, 0.1) is 0 Å². The first-order valence-corrected chi connectivity index (χ1v) is 12.7. The Morgan fingerprint density at radius 2 is 1.49 bits per heavy atom. The summed E-state index contributed by atoms with van der Waals surface area (Å²) in [7, 11) is 0. The topological polar surface area (TPSA) is 76.1 Å². The van der Waals surface area contributed by atoms with E-state index in [1.807, 2.05) is 54.2 Å². The second kappa shape index (κ2) is 12.3. The molecule has 6 nitrogen and oxygen atoms in total. The number of carboxylic acid groups (broad SMARTS) is 1. The molecule has 1 aliphatic rings. The highest BCUT2D eigenvalue weighted by atomic mass is 32.2. The first kappa shape index (κ1) is 24.7. The first-order chi connectivity index (χ1) is 17.0. The van der Waals surface area contributed by atoms with Crippen molar-refractivity contribution in [3.63, 3.8) is 0 Å². The van der Waals surface area contributed by atoms with Gasteiger partial charge < -0.3 is 19.5 Å². The first-order valence-electron chi connectivity index (χ1n) is 11.8. The number of amides is 1. The molecule has 35 heavy (non-hydrogen) atoms. The number of piperidine rings is 1. The number of carbonyl (C=O) groups excluding carboxylic acids is 1. The molecule has 1 amide bonds. The molecule has 3 aromatic rings. The number of carboxylic acids is 1. The summed E-state index contributed by atoms with van der Waals surface area (Å²) in [4.78, 5) is 26.4. The van der Waals surface area contributed by atoms with E-state index in [1.165, 1.54) is 10.5 Å². The van der Waals surface area contributed by atoms with E-state index in [-0.39, 0.29) is 18.6 Å². The molecule has 0 radical (unpaired) electrons. The molecule has 4 rings (SSSR count). The molecular weight excluding hydrogens is 462 g/mol. The molecule has 182 valence electrons. The second-order valence-electron chi connectivity index (χ2n) is 8.44. The largest absolute Gasteiger partial charge is 0.490 e. The van der Waals surface area contributed by atoms with E-state index >= 15 is 0 Å². The predicted molar refractivity (Wildman–Crippen MR) is 136 cm³/mol. The molecule has 7 heteroatoms. The van der Waals surface area contributed by atoms with Crippen LogP contribution >= 0.6 is 11.8 Å². The van der Waals surface area contributed by atoms with Crippen LogP contribution in [0.2, 0.25) is 0 Å². The molecule has 0 atom stereocenters. The van der Waals surface area contributed by atoms with Gasteiger partial charge in [0.1, 0.15) is 17.6 Å². The van der Waals surface area contributed by atoms with Gasteiger partial charge in [-0.15, -0.1) is 11.8 Å². The Morgan fingerprint density at radius 1 is 0.857 bits per heavy atom. The molecule has 0 aromatic heterocycles. The molecule has 1 fully saturated rings. The van der Waals surface area contributed by atoms with Crippen molar-refractivity contribution in [1.82, 2.24) is 4.90 Å². The van der Waals surface area contributed by atoms with Gasteiger partial charge in [-0.1, -0.05) is 42.5 Å². The zero-order valence-corrected chi connectivity index (χ0v) is 20.3. The maximum atomic E-state index is 12.6. The summed E-state index contributed by atoms with van der Waals surface area (Å²) >= 11 is 1.83. The summed E-state index contributed by atoms with van der Waals surface area (Å²) in [6.45, 7) is 1.13. The third kappa shape index (κ3) is 7.79. The summed E-state index contributed by atoms with van der Waals surface area (Å²) < 4.78 is 11.6. The van der Waals surface area contributed by atoms with Crippen molar-refractivity contribution < 1.29 is 24.2 Å². The van der Waals surface area contributed by atoms with E-state index < -0.39 is 5.97 Å². The third-order valence-electron chi connectivity index (χ3n) is 5.81. The van der Waals surface area contributed by atoms with Gasteiger partial charge >= 0.3 is 12.1 Å². The van der Waals surface area contributed by atoms with Gasteiger partial charge in [0.25, 0.3) is 0 Å². The number of benzene rings is 3. The lowest BCUT2D eigenvalue weighted by molar-refractivity contribution is -0.136. The van der Waals surface area contributed by atoms with Gasteiger partial charge in [0, 0.05) is 36.6 Å². The van der Waals surface area contributed by atoms with Crippen LogP contribution in [0.5, 0.6) is 11.5 Å². The van der Waals surface area contributed by atoms with Crippen LogP contribution in [-0.2, 0) is 17.6 Å². The summed E-state index contributed by atoms with van der Waals surface area (Å²) in [5.74, 6) is 1.40. The standard InChI is InChI=1S/C28H29NO5S/c30-27(31)20-22-8-12-23(13-9-22)33-25-14-17-29(18-15-25)28(32)34-24-10-6-21(7-11-24)16-19-35-26-4-2-1-3-5-26/h1-13,25H,14-20H2,(H,30,31). The van der Waals surface area contributed by atoms with Gasteiger partial charge in [-0.05, 0) is 53.9 Å². The fraction of sp³-hybridized carbons (Fsp3) is 0.286. The predicted octanol–water partition coefficient (Wildman–Crippen LogP) is 5.69. The van der Waals surface area contributed by atoms with E-state index in [0.717, 1.165) is 17.7 Å². The summed E-state index contributed by atoms with van der Waals surface area (Å²) in [5.41, 5.74) is 1.95. The van der Waals surface area contributed by atoms with Crippen LogP contribution < -0.4 is 9.47 Å². The Balaban J connectivity index is 1.17. The molecule has 1 saturated heterocycles. The van der Waals surface area contributed by atoms with Crippen molar-refractivity contribution in [2.45, 2.75) is 36.7 Å². The number of carbonyl (C=O) groups is 2. The second-order valence-corrected chi connectivity index (χ2v) is 9.61. The van der Waals surface area contributed by atoms with Crippen LogP contribution in [-0.4, -0.2) is 47.0 Å². The zero-order chi connectivity index (χ0) is 24.5. The van der Waals surface area contributed by atoms with E-state index in [1.54, 1.807) is 29.2 Å². The number of likely N-dealkylation sites (tertiary alicyclic amines) is 1. The Morgan fingerprint density at radius 3 is 2.14 bits per heavy atom. The average Bonchev–Trinajstić information content (AvgIpc) is 2.87. The van der Waals surface area contributed by atoms with Crippen molar-refractivity contribution in [2.75, 3.05) is 18.8 Å². The SMILES string of the molecule is O=C(O)Cc1ccc(OC2CCN(C(=O)Oc3ccc(CCSc4ccccc4)cc3)CC2)cc1. The van der Waals surface area contributed by atoms with Crippen molar-refractivity contribution in [1.29, 1.82) is 0 Å². The molecule has 3 aromatic carbocycles. The number of hydrogen-bond donors (Lipinski definition) is 1. The minimum Gasteiger partial charge on any atom is -0.490 e. The van der Waals surface area contributed by atoms with Gasteiger partial charge in [-0.2, -0.15) is 0 Å². The molecule has 0 saturated carbocycles.